The van der Waals surface area contributed by atoms with Gasteiger partial charge in [-0.1, -0.05) is 5.21 Å². The molecule has 0 radical (unpaired) electrons. The van der Waals surface area contributed by atoms with E-state index in [1.54, 1.807) is 24.4 Å². The molecule has 0 amide bonds. The van der Waals surface area contributed by atoms with E-state index in [2.05, 4.69) is 15.0 Å². The number of benzene rings is 1. The van der Waals surface area contributed by atoms with Gasteiger partial charge in [0.05, 0.1) is 12.8 Å². The fourth-order valence-corrected chi connectivity index (χ4v) is 1.67. The zero-order valence-electron chi connectivity index (χ0n) is 11.9. The standard InChI is InChI=1S/C14H15FN4O2/c1-18(2)9-8-12-13(14(20)21-3)16-17-19(12)11-6-4-10(15)5-7-11/h4-9H,1-3H3/b9-8+. The number of aromatic nitrogens is 3. The smallest absolute Gasteiger partial charge is 0.360 e. The van der Waals surface area contributed by atoms with Crippen LogP contribution in [0.2, 0.25) is 0 Å². The summed E-state index contributed by atoms with van der Waals surface area (Å²) >= 11 is 0. The average Bonchev–Trinajstić information content (AvgIpc) is 2.89. The maximum Gasteiger partial charge on any atom is 0.360 e. The molecule has 1 aromatic carbocycles. The minimum absolute atomic E-state index is 0.0972. The quantitative estimate of drug-likeness (QED) is 0.802. The van der Waals surface area contributed by atoms with Crippen molar-refractivity contribution in [3.8, 4) is 5.69 Å². The number of ether oxygens (including phenoxy) is 1. The van der Waals surface area contributed by atoms with Crippen LogP contribution in [0.4, 0.5) is 4.39 Å². The van der Waals surface area contributed by atoms with E-state index in [1.807, 2.05) is 19.0 Å². The number of methoxy groups -OCH3 is 1. The highest BCUT2D eigenvalue weighted by atomic mass is 19.1. The topological polar surface area (TPSA) is 60.2 Å². The molecule has 1 heterocycles. The molecule has 2 rings (SSSR count). The molecule has 7 heteroatoms. The van der Waals surface area contributed by atoms with Gasteiger partial charge in [-0.05, 0) is 30.3 Å². The molecule has 0 saturated heterocycles. The molecule has 6 nitrogen and oxygen atoms in total. The van der Waals surface area contributed by atoms with Gasteiger partial charge < -0.3 is 9.64 Å². The molecule has 0 aliphatic carbocycles. The summed E-state index contributed by atoms with van der Waals surface area (Å²) in [6.07, 6.45) is 3.45. The van der Waals surface area contributed by atoms with Gasteiger partial charge in [0.1, 0.15) is 11.5 Å². The zero-order valence-corrected chi connectivity index (χ0v) is 11.9. The fraction of sp³-hybridized carbons (Fsp3) is 0.214. The molecular formula is C14H15FN4O2. The first-order valence-electron chi connectivity index (χ1n) is 6.17. The molecule has 0 bridgehead atoms. The third-order valence-electron chi connectivity index (χ3n) is 2.69. The summed E-state index contributed by atoms with van der Waals surface area (Å²) in [6.45, 7) is 0. The molecule has 2 aromatic rings. The molecule has 0 fully saturated rings. The minimum Gasteiger partial charge on any atom is -0.464 e. The summed E-state index contributed by atoms with van der Waals surface area (Å²) < 4.78 is 19.1. The number of rotatable bonds is 4. The average molecular weight is 290 g/mol. The van der Waals surface area contributed by atoms with Crippen molar-refractivity contribution in [3.05, 3.63) is 47.7 Å². The lowest BCUT2D eigenvalue weighted by molar-refractivity contribution is 0.0593. The molecule has 0 saturated carbocycles. The number of carbonyl (C=O) groups is 1. The van der Waals surface area contributed by atoms with E-state index < -0.39 is 5.97 Å². The SMILES string of the molecule is COC(=O)c1nnn(-c2ccc(F)cc2)c1/C=C/N(C)C. The number of halogens is 1. The first-order chi connectivity index (χ1) is 10.0. The number of hydrogen-bond acceptors (Lipinski definition) is 5. The van der Waals surface area contributed by atoms with Gasteiger partial charge >= 0.3 is 5.97 Å². The Balaban J connectivity index is 2.52. The van der Waals surface area contributed by atoms with E-state index in [-0.39, 0.29) is 11.5 Å². The summed E-state index contributed by atoms with van der Waals surface area (Å²) in [5, 5.41) is 7.78. The Morgan fingerprint density at radius 1 is 1.33 bits per heavy atom. The lowest BCUT2D eigenvalue weighted by Gasteiger charge is -2.06. The lowest BCUT2D eigenvalue weighted by Crippen LogP contribution is -2.07. The van der Waals surface area contributed by atoms with Crippen LogP contribution in [0, 0.1) is 5.82 Å². The largest absolute Gasteiger partial charge is 0.464 e. The van der Waals surface area contributed by atoms with E-state index in [1.165, 1.54) is 23.9 Å². The summed E-state index contributed by atoms with van der Waals surface area (Å²) in [7, 11) is 4.97. The summed E-state index contributed by atoms with van der Waals surface area (Å²) in [4.78, 5) is 13.5. The van der Waals surface area contributed by atoms with Crippen molar-refractivity contribution >= 4 is 12.0 Å². The molecule has 0 aliphatic heterocycles. The van der Waals surface area contributed by atoms with E-state index in [9.17, 15) is 9.18 Å². The van der Waals surface area contributed by atoms with Gasteiger partial charge in [0, 0.05) is 20.3 Å². The van der Waals surface area contributed by atoms with Crippen molar-refractivity contribution in [1.82, 2.24) is 19.9 Å². The minimum atomic E-state index is -0.582. The summed E-state index contributed by atoms with van der Waals surface area (Å²) in [5.74, 6) is -0.931. The van der Waals surface area contributed by atoms with Crippen LogP contribution in [0.1, 0.15) is 16.2 Å². The molecule has 0 N–H and O–H groups in total. The second-order valence-corrected chi connectivity index (χ2v) is 4.48. The molecule has 1 aromatic heterocycles. The first kappa shape index (κ1) is 14.7. The summed E-state index contributed by atoms with van der Waals surface area (Å²) in [6, 6.07) is 5.73. The highest BCUT2D eigenvalue weighted by Crippen LogP contribution is 2.16. The van der Waals surface area contributed by atoms with Crippen LogP contribution in [-0.4, -0.2) is 47.1 Å². The van der Waals surface area contributed by atoms with Crippen molar-refractivity contribution < 1.29 is 13.9 Å². The Labute approximate surface area is 121 Å². The maximum atomic E-state index is 13.0. The normalized spacial score (nSPS) is 10.9. The second-order valence-electron chi connectivity index (χ2n) is 4.48. The molecular weight excluding hydrogens is 275 g/mol. The molecule has 0 unspecified atom stereocenters. The Hall–Kier alpha value is -2.70. The third-order valence-corrected chi connectivity index (χ3v) is 2.69. The molecule has 0 aliphatic rings. The monoisotopic (exact) mass is 290 g/mol. The van der Waals surface area contributed by atoms with Gasteiger partial charge in [0.2, 0.25) is 0 Å². The van der Waals surface area contributed by atoms with Crippen molar-refractivity contribution in [1.29, 1.82) is 0 Å². The predicted octanol–water partition coefficient (Wildman–Crippen LogP) is 1.73. The lowest BCUT2D eigenvalue weighted by atomic mass is 10.2. The number of hydrogen-bond donors (Lipinski definition) is 0. The Kier molecular flexibility index (Phi) is 4.32. The van der Waals surface area contributed by atoms with Gasteiger partial charge in [-0.25, -0.2) is 13.9 Å². The van der Waals surface area contributed by atoms with Crippen molar-refractivity contribution in [2.24, 2.45) is 0 Å². The zero-order chi connectivity index (χ0) is 15.4. The Bertz CT molecular complexity index is 662. The van der Waals surface area contributed by atoms with E-state index in [4.69, 9.17) is 0 Å². The van der Waals surface area contributed by atoms with Gasteiger partial charge in [-0.15, -0.1) is 5.10 Å². The Morgan fingerprint density at radius 2 is 2.00 bits per heavy atom. The van der Waals surface area contributed by atoms with Crippen molar-refractivity contribution in [2.45, 2.75) is 0 Å². The highest BCUT2D eigenvalue weighted by Gasteiger charge is 2.19. The van der Waals surface area contributed by atoms with Crippen LogP contribution in [0.3, 0.4) is 0 Å². The van der Waals surface area contributed by atoms with Gasteiger partial charge in [-0.3, -0.25) is 0 Å². The number of nitrogens with zero attached hydrogens (tertiary/aromatic N) is 4. The second kappa shape index (κ2) is 6.17. The van der Waals surface area contributed by atoms with Crippen LogP contribution in [-0.2, 0) is 4.74 Å². The van der Waals surface area contributed by atoms with Crippen LogP contribution in [0.25, 0.3) is 11.8 Å². The molecule has 110 valence electrons. The fourth-order valence-electron chi connectivity index (χ4n) is 1.67. The van der Waals surface area contributed by atoms with Gasteiger partial charge in [-0.2, -0.15) is 0 Å². The summed E-state index contributed by atoms with van der Waals surface area (Å²) in [5.41, 5.74) is 1.15. The van der Waals surface area contributed by atoms with Crippen LogP contribution in [0.15, 0.2) is 30.5 Å². The van der Waals surface area contributed by atoms with E-state index in [0.29, 0.717) is 11.4 Å². The number of carbonyl (C=O) groups excluding carboxylic acids is 1. The van der Waals surface area contributed by atoms with E-state index in [0.717, 1.165) is 0 Å². The van der Waals surface area contributed by atoms with Crippen molar-refractivity contribution in [3.63, 3.8) is 0 Å². The van der Waals surface area contributed by atoms with Crippen LogP contribution < -0.4 is 0 Å². The van der Waals surface area contributed by atoms with Crippen LogP contribution in [0.5, 0.6) is 0 Å². The third kappa shape index (κ3) is 3.25. The highest BCUT2D eigenvalue weighted by molar-refractivity contribution is 5.90. The molecule has 0 spiro atoms. The Morgan fingerprint density at radius 3 is 2.57 bits per heavy atom. The van der Waals surface area contributed by atoms with Gasteiger partial charge in [0.15, 0.2) is 5.69 Å². The predicted molar refractivity (Wildman–Crippen MR) is 75.4 cm³/mol. The van der Waals surface area contributed by atoms with Crippen molar-refractivity contribution in [2.75, 3.05) is 21.2 Å². The van der Waals surface area contributed by atoms with Gasteiger partial charge in [0.25, 0.3) is 0 Å². The first-order valence-corrected chi connectivity index (χ1v) is 6.17. The molecule has 21 heavy (non-hydrogen) atoms. The van der Waals surface area contributed by atoms with E-state index >= 15 is 0 Å². The maximum absolute atomic E-state index is 13.0. The number of esters is 1. The van der Waals surface area contributed by atoms with Crippen LogP contribution >= 0.6 is 0 Å². The molecule has 0 atom stereocenters.